The van der Waals surface area contributed by atoms with Gasteiger partial charge in [-0.3, -0.25) is 0 Å². The Balaban J connectivity index is 2.34. The van der Waals surface area contributed by atoms with Gasteiger partial charge in [0.2, 0.25) is 5.16 Å². The molecule has 0 radical (unpaired) electrons. The first kappa shape index (κ1) is 18.9. The van der Waals surface area contributed by atoms with Crippen LogP contribution in [0.2, 0.25) is 0 Å². The van der Waals surface area contributed by atoms with Crippen LogP contribution in [0.3, 0.4) is 0 Å². The third-order valence-electron chi connectivity index (χ3n) is 2.97. The molecular formula is C14H15F3N4O3S. The Hall–Kier alpha value is -2.43. The van der Waals surface area contributed by atoms with Crippen LogP contribution >= 0.6 is 0 Å². The number of carbonyl (C=O) groups is 1. The lowest BCUT2D eigenvalue weighted by Gasteiger charge is -2.13. The van der Waals surface area contributed by atoms with E-state index in [1.807, 2.05) is 0 Å². The summed E-state index contributed by atoms with van der Waals surface area (Å²) in [5, 5.41) is 3.63. The summed E-state index contributed by atoms with van der Waals surface area (Å²) in [5.41, 5.74) is 0.452. The van der Waals surface area contributed by atoms with Gasteiger partial charge in [-0.25, -0.2) is 14.0 Å². The molecule has 0 saturated heterocycles. The molecule has 1 aromatic carbocycles. The summed E-state index contributed by atoms with van der Waals surface area (Å²) >= 11 is 0. The molecule has 1 amide bonds. The summed E-state index contributed by atoms with van der Waals surface area (Å²) in [7, 11) is 0.997. The van der Waals surface area contributed by atoms with E-state index in [-0.39, 0.29) is 15.8 Å². The van der Waals surface area contributed by atoms with Crippen molar-refractivity contribution in [3.63, 3.8) is 0 Å². The molecule has 136 valence electrons. The molecule has 25 heavy (non-hydrogen) atoms. The molecule has 0 aliphatic heterocycles. The molecule has 11 heteroatoms. The fourth-order valence-electron chi connectivity index (χ4n) is 1.86. The maximum Gasteiger partial charge on any atom is 0.422 e. The van der Waals surface area contributed by atoms with Gasteiger partial charge in [0.1, 0.15) is 22.9 Å². The SMILES string of the molecule is Cc1cccc(OCC(F)(F)F)c1S(=O)c1ncn(C(=O)N(C)C)n1. The summed E-state index contributed by atoms with van der Waals surface area (Å²) in [6, 6.07) is 3.85. The van der Waals surface area contributed by atoms with E-state index >= 15 is 0 Å². The van der Waals surface area contributed by atoms with Crippen LogP contribution in [-0.4, -0.2) is 56.8 Å². The Bertz CT molecular complexity index is 805. The molecule has 0 N–H and O–H groups in total. The molecule has 0 aliphatic carbocycles. The van der Waals surface area contributed by atoms with Gasteiger partial charge in [0.15, 0.2) is 6.61 Å². The molecule has 1 atom stereocenters. The van der Waals surface area contributed by atoms with Crippen LogP contribution in [0, 0.1) is 6.92 Å². The quantitative estimate of drug-likeness (QED) is 0.818. The number of carbonyl (C=O) groups excluding carboxylic acids is 1. The molecule has 0 saturated carbocycles. The van der Waals surface area contributed by atoms with Gasteiger partial charge in [-0.15, -0.1) is 5.10 Å². The Morgan fingerprint density at radius 1 is 1.36 bits per heavy atom. The minimum atomic E-state index is -4.53. The van der Waals surface area contributed by atoms with E-state index in [0.29, 0.717) is 5.56 Å². The van der Waals surface area contributed by atoms with Gasteiger partial charge in [-0.2, -0.15) is 17.9 Å². The van der Waals surface area contributed by atoms with Crippen LogP contribution in [0.25, 0.3) is 0 Å². The molecule has 2 rings (SSSR count). The van der Waals surface area contributed by atoms with Crippen LogP contribution < -0.4 is 4.74 Å². The zero-order chi connectivity index (χ0) is 18.8. The molecular weight excluding hydrogens is 361 g/mol. The standard InChI is InChI=1S/C14H15F3N4O3S/c1-9-5-4-6-10(24-7-14(15,16)17)11(9)25(23)12-18-8-21(19-12)13(22)20(2)3/h4-6,8H,7H2,1-3H3. The van der Waals surface area contributed by atoms with Crippen LogP contribution in [0.4, 0.5) is 18.0 Å². The Kier molecular flexibility index (Phi) is 5.45. The van der Waals surface area contributed by atoms with Crippen molar-refractivity contribution in [2.24, 2.45) is 0 Å². The van der Waals surface area contributed by atoms with E-state index in [9.17, 15) is 22.2 Å². The molecule has 7 nitrogen and oxygen atoms in total. The van der Waals surface area contributed by atoms with E-state index in [4.69, 9.17) is 4.74 Å². The molecule has 2 aromatic rings. The zero-order valence-corrected chi connectivity index (χ0v) is 14.4. The minimum Gasteiger partial charge on any atom is -0.483 e. The number of benzene rings is 1. The minimum absolute atomic E-state index is 0.0294. The second-order valence-electron chi connectivity index (χ2n) is 5.22. The number of aryl methyl sites for hydroxylation is 1. The maximum atomic E-state index is 12.7. The van der Waals surface area contributed by atoms with Gasteiger partial charge in [0.05, 0.1) is 4.90 Å². The van der Waals surface area contributed by atoms with E-state index in [1.165, 1.54) is 31.1 Å². The smallest absolute Gasteiger partial charge is 0.422 e. The topological polar surface area (TPSA) is 77.3 Å². The predicted octanol–water partition coefficient (Wildman–Crippen LogP) is 2.22. The van der Waals surface area contributed by atoms with Crippen molar-refractivity contribution in [2.75, 3.05) is 20.7 Å². The van der Waals surface area contributed by atoms with Crippen molar-refractivity contribution in [3.05, 3.63) is 30.1 Å². The fourth-order valence-corrected chi connectivity index (χ4v) is 3.02. The number of ether oxygens (including phenoxy) is 1. The first-order chi connectivity index (χ1) is 11.6. The van der Waals surface area contributed by atoms with E-state index in [2.05, 4.69) is 10.1 Å². The maximum absolute atomic E-state index is 12.7. The highest BCUT2D eigenvalue weighted by molar-refractivity contribution is 7.85. The second-order valence-corrected chi connectivity index (χ2v) is 6.53. The van der Waals surface area contributed by atoms with E-state index < -0.39 is 29.6 Å². The number of aromatic nitrogens is 3. The summed E-state index contributed by atoms with van der Waals surface area (Å²) < 4.78 is 55.5. The first-order valence-electron chi connectivity index (χ1n) is 6.94. The van der Waals surface area contributed by atoms with Crippen molar-refractivity contribution in [1.29, 1.82) is 0 Å². The molecule has 1 aromatic heterocycles. The Morgan fingerprint density at radius 2 is 2.04 bits per heavy atom. The van der Waals surface area contributed by atoms with Crippen LogP contribution in [-0.2, 0) is 10.8 Å². The van der Waals surface area contributed by atoms with Crippen LogP contribution in [0.1, 0.15) is 5.56 Å². The molecule has 0 spiro atoms. The van der Waals surface area contributed by atoms with Gasteiger partial charge >= 0.3 is 12.2 Å². The van der Waals surface area contributed by atoms with Crippen LogP contribution in [0.15, 0.2) is 34.6 Å². The fraction of sp³-hybridized carbons (Fsp3) is 0.357. The van der Waals surface area contributed by atoms with Gasteiger partial charge in [0.25, 0.3) is 0 Å². The lowest BCUT2D eigenvalue weighted by atomic mass is 10.2. The summed E-state index contributed by atoms with van der Waals surface area (Å²) in [4.78, 5) is 16.9. The number of alkyl halides is 3. The highest BCUT2D eigenvalue weighted by Gasteiger charge is 2.30. The van der Waals surface area contributed by atoms with Crippen LogP contribution in [0.5, 0.6) is 5.75 Å². The Labute approximate surface area is 143 Å². The first-order valence-corrected chi connectivity index (χ1v) is 8.09. The molecule has 1 heterocycles. The van der Waals surface area contributed by atoms with Crippen molar-refractivity contribution < 1.29 is 26.9 Å². The molecule has 0 bridgehead atoms. The van der Waals surface area contributed by atoms with Gasteiger partial charge in [-0.05, 0) is 18.6 Å². The normalized spacial score (nSPS) is 12.7. The highest BCUT2D eigenvalue weighted by atomic mass is 32.2. The van der Waals surface area contributed by atoms with Crippen molar-refractivity contribution in [1.82, 2.24) is 19.7 Å². The van der Waals surface area contributed by atoms with E-state index in [1.54, 1.807) is 13.0 Å². The zero-order valence-electron chi connectivity index (χ0n) is 13.6. The number of hydrogen-bond acceptors (Lipinski definition) is 5. The number of hydrogen-bond donors (Lipinski definition) is 0. The molecule has 0 aliphatic rings. The lowest BCUT2D eigenvalue weighted by Crippen LogP contribution is -2.27. The number of halogens is 3. The highest BCUT2D eigenvalue weighted by Crippen LogP contribution is 2.29. The van der Waals surface area contributed by atoms with Gasteiger partial charge < -0.3 is 9.64 Å². The predicted molar refractivity (Wildman–Crippen MR) is 81.9 cm³/mol. The number of amides is 1. The molecule has 0 fully saturated rings. The summed E-state index contributed by atoms with van der Waals surface area (Å²) in [5.74, 6) is -0.175. The monoisotopic (exact) mass is 376 g/mol. The van der Waals surface area contributed by atoms with Gasteiger partial charge in [0, 0.05) is 14.1 Å². The molecule has 1 unspecified atom stereocenters. The third-order valence-corrected chi connectivity index (χ3v) is 4.38. The number of rotatable bonds is 4. The number of nitrogens with zero attached hydrogens (tertiary/aromatic N) is 4. The van der Waals surface area contributed by atoms with E-state index in [0.717, 1.165) is 11.0 Å². The summed E-state index contributed by atoms with van der Waals surface area (Å²) in [6.07, 6.45) is -3.44. The average molecular weight is 376 g/mol. The average Bonchev–Trinajstić information content (AvgIpc) is 3.00. The largest absolute Gasteiger partial charge is 0.483 e. The van der Waals surface area contributed by atoms with Crippen molar-refractivity contribution >= 4 is 16.8 Å². The third kappa shape index (κ3) is 4.56. The lowest BCUT2D eigenvalue weighted by molar-refractivity contribution is -0.153. The summed E-state index contributed by atoms with van der Waals surface area (Å²) in [6.45, 7) is 0.0668. The Morgan fingerprint density at radius 3 is 2.64 bits per heavy atom. The second kappa shape index (κ2) is 7.21. The van der Waals surface area contributed by atoms with Crippen molar-refractivity contribution in [3.8, 4) is 5.75 Å². The van der Waals surface area contributed by atoms with Gasteiger partial charge in [-0.1, -0.05) is 12.1 Å². The van der Waals surface area contributed by atoms with Crippen molar-refractivity contribution in [2.45, 2.75) is 23.2 Å².